The summed E-state index contributed by atoms with van der Waals surface area (Å²) in [5.41, 5.74) is 3.42. The van der Waals surface area contributed by atoms with Gasteiger partial charge in [-0.15, -0.1) is 11.3 Å². The molecule has 0 spiro atoms. The second kappa shape index (κ2) is 10.8. The number of Topliss-reactive ketones (excluding diaryl/α,β-unsaturated/α-hetero) is 1. The third kappa shape index (κ3) is 5.14. The van der Waals surface area contributed by atoms with Gasteiger partial charge in [0.2, 0.25) is 11.6 Å². The Morgan fingerprint density at radius 1 is 0.973 bits per heavy atom. The average Bonchev–Trinajstić information content (AvgIpc) is 3.56. The Labute approximate surface area is 219 Å². The van der Waals surface area contributed by atoms with E-state index in [1.54, 1.807) is 0 Å². The van der Waals surface area contributed by atoms with Gasteiger partial charge in [-0.3, -0.25) is 9.59 Å². The first-order chi connectivity index (χ1) is 18.0. The molecule has 4 aromatic rings. The zero-order chi connectivity index (χ0) is 25.9. The van der Waals surface area contributed by atoms with Gasteiger partial charge in [0.1, 0.15) is 5.71 Å². The summed E-state index contributed by atoms with van der Waals surface area (Å²) in [5, 5.41) is 7.73. The Morgan fingerprint density at radius 2 is 1.65 bits per heavy atom. The summed E-state index contributed by atoms with van der Waals surface area (Å²) in [7, 11) is 0. The van der Waals surface area contributed by atoms with E-state index >= 15 is 0 Å². The van der Waals surface area contributed by atoms with Gasteiger partial charge in [-0.2, -0.15) is 0 Å². The maximum absolute atomic E-state index is 13.6. The van der Waals surface area contributed by atoms with Crippen molar-refractivity contribution in [1.82, 2.24) is 4.57 Å². The molecule has 0 atom stereocenters. The number of nitrogens with zero attached hydrogens (tertiary/aromatic N) is 2. The lowest BCUT2D eigenvalue weighted by Crippen LogP contribution is -2.21. The van der Waals surface area contributed by atoms with Crippen LogP contribution in [0.4, 0.5) is 0 Å². The van der Waals surface area contributed by atoms with Crippen LogP contribution < -0.4 is 0 Å². The molecule has 190 valence electrons. The molecule has 1 aliphatic carbocycles. The zero-order valence-corrected chi connectivity index (χ0v) is 22.0. The van der Waals surface area contributed by atoms with Crippen LogP contribution in [0.2, 0.25) is 0 Å². The molecule has 6 nitrogen and oxygen atoms in total. The van der Waals surface area contributed by atoms with Gasteiger partial charge in [0.15, 0.2) is 0 Å². The van der Waals surface area contributed by atoms with Crippen LogP contribution in [0.15, 0.2) is 59.1 Å². The van der Waals surface area contributed by atoms with Crippen LogP contribution in [0.1, 0.15) is 78.0 Å². The summed E-state index contributed by atoms with van der Waals surface area (Å²) in [6, 6.07) is 15.1. The van der Waals surface area contributed by atoms with Crippen molar-refractivity contribution in [3.8, 4) is 0 Å². The normalized spacial score (nSPS) is 14.8. The van der Waals surface area contributed by atoms with Crippen molar-refractivity contribution in [1.29, 1.82) is 0 Å². The number of thiophene rings is 1. The number of benzene rings is 2. The monoisotopic (exact) mass is 514 g/mol. The highest BCUT2D eigenvalue weighted by Crippen LogP contribution is 2.32. The number of carbonyl (C=O) groups excluding carboxylic acids is 3. The highest BCUT2D eigenvalue weighted by molar-refractivity contribution is 7.12. The van der Waals surface area contributed by atoms with Crippen molar-refractivity contribution in [2.24, 2.45) is 11.1 Å². The van der Waals surface area contributed by atoms with Crippen molar-refractivity contribution in [2.45, 2.75) is 58.9 Å². The largest absolute Gasteiger partial charge is 0.341 e. The Balaban J connectivity index is 1.56. The van der Waals surface area contributed by atoms with Crippen molar-refractivity contribution >= 4 is 56.4 Å². The number of fused-ring (bicyclic) bond motifs is 3. The SMILES string of the molecule is CCn1c2ccc(C(=O)C(CC3CCCCC3)=NOC(C)=O)cc2c2cc(C(=O)c3cccs3)ccc21. The second-order valence-electron chi connectivity index (χ2n) is 9.67. The summed E-state index contributed by atoms with van der Waals surface area (Å²) in [6.07, 6.45) is 6.12. The van der Waals surface area contributed by atoms with E-state index in [9.17, 15) is 14.4 Å². The summed E-state index contributed by atoms with van der Waals surface area (Å²) in [5.74, 6) is -0.413. The smallest absolute Gasteiger partial charge is 0.331 e. The average molecular weight is 515 g/mol. The zero-order valence-electron chi connectivity index (χ0n) is 21.2. The molecular formula is C30H30N2O4S. The Morgan fingerprint density at radius 3 is 2.27 bits per heavy atom. The van der Waals surface area contributed by atoms with Crippen LogP contribution in [-0.4, -0.2) is 27.8 Å². The minimum atomic E-state index is -0.543. The lowest BCUT2D eigenvalue weighted by molar-refractivity contribution is -0.140. The van der Waals surface area contributed by atoms with E-state index in [2.05, 4.69) is 16.6 Å². The molecular weight excluding hydrogens is 484 g/mol. The minimum Gasteiger partial charge on any atom is -0.341 e. The first kappa shape index (κ1) is 25.1. The summed E-state index contributed by atoms with van der Waals surface area (Å²) in [4.78, 5) is 43.8. The highest BCUT2D eigenvalue weighted by atomic mass is 32.1. The number of aromatic nitrogens is 1. The van der Waals surface area contributed by atoms with E-state index in [0.29, 0.717) is 28.3 Å². The number of carbonyl (C=O) groups is 3. The van der Waals surface area contributed by atoms with Crippen molar-refractivity contribution in [3.63, 3.8) is 0 Å². The van der Waals surface area contributed by atoms with Crippen LogP contribution in [0.5, 0.6) is 0 Å². The molecule has 0 amide bonds. The summed E-state index contributed by atoms with van der Waals surface area (Å²) in [6.45, 7) is 4.12. The molecule has 5 rings (SSSR count). The van der Waals surface area contributed by atoms with Crippen molar-refractivity contribution in [2.75, 3.05) is 0 Å². The number of rotatable bonds is 8. The van der Waals surface area contributed by atoms with Crippen LogP contribution >= 0.6 is 11.3 Å². The van der Waals surface area contributed by atoms with Crippen LogP contribution in [0, 0.1) is 5.92 Å². The highest BCUT2D eigenvalue weighted by Gasteiger charge is 2.24. The first-order valence-electron chi connectivity index (χ1n) is 12.9. The van der Waals surface area contributed by atoms with Crippen LogP contribution in [-0.2, 0) is 16.2 Å². The molecule has 0 radical (unpaired) electrons. The number of hydrogen-bond acceptors (Lipinski definition) is 6. The van der Waals surface area contributed by atoms with Crippen molar-refractivity contribution in [3.05, 3.63) is 69.9 Å². The van der Waals surface area contributed by atoms with Gasteiger partial charge in [0.25, 0.3) is 0 Å². The number of aryl methyl sites for hydroxylation is 1. The number of oxime groups is 1. The molecule has 37 heavy (non-hydrogen) atoms. The number of ketones is 2. The quantitative estimate of drug-likeness (QED) is 0.108. The molecule has 2 aromatic heterocycles. The number of hydrogen-bond donors (Lipinski definition) is 0. The standard InChI is InChI=1S/C30H30N2O4S/c1-3-32-26-13-11-21(29(34)25(31-36-19(2)33)16-20-8-5-4-6-9-20)17-23(26)24-18-22(12-14-27(24)32)30(35)28-10-7-15-37-28/h7,10-15,17-18,20H,3-6,8-9,16H2,1-2H3. The van der Waals surface area contributed by atoms with Gasteiger partial charge in [-0.05, 0) is 67.1 Å². The molecule has 1 fully saturated rings. The van der Waals surface area contributed by atoms with E-state index in [4.69, 9.17) is 4.84 Å². The van der Waals surface area contributed by atoms with Gasteiger partial charge in [-0.25, -0.2) is 4.79 Å². The van der Waals surface area contributed by atoms with Gasteiger partial charge >= 0.3 is 5.97 Å². The minimum absolute atomic E-state index is 0.00943. The third-order valence-electron chi connectivity index (χ3n) is 7.20. The first-order valence-corrected chi connectivity index (χ1v) is 13.8. The molecule has 0 aliphatic heterocycles. The molecule has 0 saturated heterocycles. The Hall–Kier alpha value is -3.58. The summed E-state index contributed by atoms with van der Waals surface area (Å²) >= 11 is 1.43. The van der Waals surface area contributed by atoms with Gasteiger partial charge in [0.05, 0.1) is 4.88 Å². The van der Waals surface area contributed by atoms with Crippen LogP contribution in [0.25, 0.3) is 21.8 Å². The van der Waals surface area contributed by atoms with E-state index in [1.807, 2.05) is 53.9 Å². The van der Waals surface area contributed by atoms with Gasteiger partial charge in [0, 0.05) is 46.4 Å². The Kier molecular flexibility index (Phi) is 7.33. The maximum Gasteiger partial charge on any atom is 0.331 e. The fraction of sp³-hybridized carbons (Fsp3) is 0.333. The van der Waals surface area contributed by atoms with Crippen molar-refractivity contribution < 1.29 is 19.2 Å². The lowest BCUT2D eigenvalue weighted by Gasteiger charge is -2.21. The molecule has 2 heterocycles. The molecule has 7 heteroatoms. The van der Waals surface area contributed by atoms with Gasteiger partial charge < -0.3 is 9.40 Å². The predicted molar refractivity (Wildman–Crippen MR) is 148 cm³/mol. The summed E-state index contributed by atoms with van der Waals surface area (Å²) < 4.78 is 2.19. The molecule has 0 N–H and O–H groups in total. The Bertz CT molecular complexity index is 1510. The van der Waals surface area contributed by atoms with E-state index in [0.717, 1.165) is 54.0 Å². The predicted octanol–water partition coefficient (Wildman–Crippen LogP) is 7.18. The fourth-order valence-electron chi connectivity index (χ4n) is 5.40. The lowest BCUT2D eigenvalue weighted by atomic mass is 9.84. The van der Waals surface area contributed by atoms with E-state index in [-0.39, 0.29) is 17.3 Å². The molecule has 1 saturated carbocycles. The molecule has 2 aromatic carbocycles. The molecule has 0 unspecified atom stereocenters. The van der Waals surface area contributed by atoms with Crippen LogP contribution in [0.3, 0.4) is 0 Å². The fourth-order valence-corrected chi connectivity index (χ4v) is 6.09. The maximum atomic E-state index is 13.6. The van der Waals surface area contributed by atoms with E-state index < -0.39 is 5.97 Å². The van der Waals surface area contributed by atoms with E-state index in [1.165, 1.54) is 24.7 Å². The third-order valence-corrected chi connectivity index (χ3v) is 8.07. The second-order valence-corrected chi connectivity index (χ2v) is 10.6. The topological polar surface area (TPSA) is 77.7 Å². The van der Waals surface area contributed by atoms with Gasteiger partial charge in [-0.1, -0.05) is 43.3 Å². The molecule has 0 bridgehead atoms. The molecule has 1 aliphatic rings.